The first kappa shape index (κ1) is 12.2. The summed E-state index contributed by atoms with van der Waals surface area (Å²) in [5.41, 5.74) is 1.08. The number of alkyl halides is 1. The van der Waals surface area contributed by atoms with Crippen molar-refractivity contribution in [3.8, 4) is 0 Å². The Kier molecular flexibility index (Phi) is 4.13. The molecule has 2 rings (SSSR count). The lowest BCUT2D eigenvalue weighted by atomic mass is 10.2. The maximum atomic E-state index is 11.9. The molecular weight excluding hydrogens is 333 g/mol. The van der Waals surface area contributed by atoms with Crippen molar-refractivity contribution in [2.24, 2.45) is 5.92 Å². The maximum absolute atomic E-state index is 11.9. The fraction of sp³-hybridized carbons (Fsp3) is 0.417. The first-order chi connectivity index (χ1) is 7.72. The number of hydrogen-bond donors (Lipinski definition) is 0. The zero-order valence-electron chi connectivity index (χ0n) is 9.15. The summed E-state index contributed by atoms with van der Waals surface area (Å²) in [5, 5.41) is 0. The van der Waals surface area contributed by atoms with Crippen LogP contribution in [0, 0.1) is 5.92 Å². The molecule has 1 unspecified atom stereocenters. The average molecular weight is 347 g/mol. The molecule has 4 heteroatoms. The second-order valence-corrected chi connectivity index (χ2v) is 5.92. The van der Waals surface area contributed by atoms with Crippen molar-refractivity contribution in [1.82, 2.24) is 0 Å². The molecule has 16 heavy (non-hydrogen) atoms. The van der Waals surface area contributed by atoms with Crippen LogP contribution in [0.25, 0.3) is 0 Å². The highest BCUT2D eigenvalue weighted by molar-refractivity contribution is 14.1. The number of fused-ring (bicyclic) bond motifs is 1. The Morgan fingerprint density at radius 3 is 3.00 bits per heavy atom. The van der Waals surface area contributed by atoms with Crippen molar-refractivity contribution < 1.29 is 4.79 Å². The van der Waals surface area contributed by atoms with E-state index in [0.29, 0.717) is 11.7 Å². The summed E-state index contributed by atoms with van der Waals surface area (Å²) in [4.78, 5) is 15.1. The smallest absolute Gasteiger partial charge is 0.237 e. The fourth-order valence-corrected chi connectivity index (χ4v) is 2.93. The van der Waals surface area contributed by atoms with Crippen LogP contribution in [-0.2, 0) is 4.79 Å². The molecule has 0 N–H and O–H groups in total. The summed E-state index contributed by atoms with van der Waals surface area (Å²) < 4.78 is 1.08. The Hall–Kier alpha value is -0.230. The Morgan fingerprint density at radius 1 is 1.50 bits per heavy atom. The number of hydrogen-bond acceptors (Lipinski definition) is 2. The first-order valence-corrected chi connectivity index (χ1v) is 7.81. The van der Waals surface area contributed by atoms with E-state index in [4.69, 9.17) is 0 Å². The predicted molar refractivity (Wildman–Crippen MR) is 77.6 cm³/mol. The van der Waals surface area contributed by atoms with Crippen LogP contribution in [0.3, 0.4) is 0 Å². The minimum Gasteiger partial charge on any atom is -0.310 e. The molecule has 0 aliphatic carbocycles. The van der Waals surface area contributed by atoms with Gasteiger partial charge in [0.15, 0.2) is 0 Å². The zero-order valence-corrected chi connectivity index (χ0v) is 12.1. The second-order valence-electron chi connectivity index (χ2n) is 4.02. The van der Waals surface area contributed by atoms with Crippen LogP contribution in [0.15, 0.2) is 29.2 Å². The second kappa shape index (κ2) is 5.40. The molecule has 1 aromatic rings. The van der Waals surface area contributed by atoms with Crippen molar-refractivity contribution in [1.29, 1.82) is 0 Å². The number of halogens is 1. The van der Waals surface area contributed by atoms with E-state index < -0.39 is 0 Å². The van der Waals surface area contributed by atoms with Crippen molar-refractivity contribution in [3.63, 3.8) is 0 Å². The Balaban J connectivity index is 2.26. The molecule has 1 heterocycles. The Labute approximate surface area is 114 Å². The summed E-state index contributed by atoms with van der Waals surface area (Å²) in [6.07, 6.45) is 0. The van der Waals surface area contributed by atoms with E-state index in [1.807, 2.05) is 23.1 Å². The van der Waals surface area contributed by atoms with E-state index in [0.717, 1.165) is 16.7 Å². The van der Waals surface area contributed by atoms with E-state index >= 15 is 0 Å². The van der Waals surface area contributed by atoms with Crippen LogP contribution in [0.2, 0.25) is 0 Å². The van der Waals surface area contributed by atoms with Crippen LogP contribution >= 0.6 is 34.4 Å². The molecule has 1 aliphatic rings. The number of amides is 1. The molecule has 1 atom stereocenters. The van der Waals surface area contributed by atoms with E-state index in [1.165, 1.54) is 4.90 Å². The third-order valence-corrected chi connectivity index (χ3v) is 5.12. The van der Waals surface area contributed by atoms with Gasteiger partial charge in [-0.25, -0.2) is 0 Å². The van der Waals surface area contributed by atoms with Gasteiger partial charge in [0.1, 0.15) is 0 Å². The number of rotatable bonds is 3. The highest BCUT2D eigenvalue weighted by Crippen LogP contribution is 2.35. The number of nitrogens with zero attached hydrogens (tertiary/aromatic N) is 1. The normalized spacial score (nSPS) is 17.1. The topological polar surface area (TPSA) is 20.3 Å². The van der Waals surface area contributed by atoms with Crippen molar-refractivity contribution in [2.75, 3.05) is 21.6 Å². The van der Waals surface area contributed by atoms with Gasteiger partial charge in [0.05, 0.1) is 11.4 Å². The third-order valence-electron chi connectivity index (χ3n) is 2.57. The molecule has 1 aliphatic heterocycles. The van der Waals surface area contributed by atoms with Crippen LogP contribution in [0.5, 0.6) is 0 Å². The molecule has 1 aromatic carbocycles. The van der Waals surface area contributed by atoms with Crippen LogP contribution in [-0.4, -0.2) is 22.6 Å². The number of anilines is 1. The molecule has 0 radical (unpaired) electrons. The van der Waals surface area contributed by atoms with Gasteiger partial charge in [0, 0.05) is 15.9 Å². The molecule has 0 aromatic heterocycles. The van der Waals surface area contributed by atoms with Gasteiger partial charge in [0.25, 0.3) is 0 Å². The lowest BCUT2D eigenvalue weighted by molar-refractivity contribution is -0.116. The average Bonchev–Trinajstić information content (AvgIpc) is 2.32. The van der Waals surface area contributed by atoms with Gasteiger partial charge >= 0.3 is 0 Å². The van der Waals surface area contributed by atoms with E-state index in [1.54, 1.807) is 11.8 Å². The Bertz CT molecular complexity index is 396. The predicted octanol–water partition coefficient (Wildman–Crippen LogP) is 3.20. The number of thioether (sulfide) groups is 1. The lowest BCUT2D eigenvalue weighted by Gasteiger charge is -2.30. The molecule has 0 bridgehead atoms. The van der Waals surface area contributed by atoms with Crippen LogP contribution < -0.4 is 4.90 Å². The van der Waals surface area contributed by atoms with Crippen molar-refractivity contribution >= 4 is 45.9 Å². The molecule has 0 saturated carbocycles. The van der Waals surface area contributed by atoms with Crippen LogP contribution in [0.4, 0.5) is 5.69 Å². The molecule has 86 valence electrons. The van der Waals surface area contributed by atoms with E-state index in [9.17, 15) is 4.79 Å². The Morgan fingerprint density at radius 2 is 2.25 bits per heavy atom. The van der Waals surface area contributed by atoms with Gasteiger partial charge in [-0.05, 0) is 18.1 Å². The monoisotopic (exact) mass is 347 g/mol. The van der Waals surface area contributed by atoms with Gasteiger partial charge in [0.2, 0.25) is 5.91 Å². The van der Waals surface area contributed by atoms with Crippen molar-refractivity contribution in [2.45, 2.75) is 11.8 Å². The SMILES string of the molecule is CC(CI)CN1C(=O)CSc2ccccc21. The van der Waals surface area contributed by atoms with Gasteiger partial charge in [-0.1, -0.05) is 41.6 Å². The van der Waals surface area contributed by atoms with Gasteiger partial charge in [-0.2, -0.15) is 0 Å². The molecule has 0 fully saturated rings. The fourth-order valence-electron chi connectivity index (χ4n) is 1.71. The molecule has 2 nitrogen and oxygen atoms in total. The third kappa shape index (κ3) is 2.53. The summed E-state index contributed by atoms with van der Waals surface area (Å²) in [5.74, 6) is 1.35. The number of carbonyl (C=O) groups excluding carboxylic acids is 1. The molecule has 1 amide bonds. The standard InChI is InChI=1S/C12H14INOS/c1-9(6-13)7-14-10-4-2-3-5-11(10)16-8-12(14)15/h2-5,9H,6-8H2,1H3. The summed E-state index contributed by atoms with van der Waals surface area (Å²) in [6.45, 7) is 3.02. The largest absolute Gasteiger partial charge is 0.310 e. The maximum Gasteiger partial charge on any atom is 0.237 e. The number of carbonyl (C=O) groups is 1. The van der Waals surface area contributed by atoms with Gasteiger partial charge < -0.3 is 4.90 Å². The van der Waals surface area contributed by atoms with E-state index in [2.05, 4.69) is 35.6 Å². The number of benzene rings is 1. The van der Waals surface area contributed by atoms with Gasteiger partial charge in [-0.15, -0.1) is 11.8 Å². The summed E-state index contributed by atoms with van der Waals surface area (Å²) in [6, 6.07) is 8.16. The summed E-state index contributed by atoms with van der Waals surface area (Å²) >= 11 is 4.02. The van der Waals surface area contributed by atoms with E-state index in [-0.39, 0.29) is 5.91 Å². The van der Waals surface area contributed by atoms with Crippen LogP contribution in [0.1, 0.15) is 6.92 Å². The lowest BCUT2D eigenvalue weighted by Crippen LogP contribution is -2.38. The quantitative estimate of drug-likeness (QED) is 0.618. The highest BCUT2D eigenvalue weighted by Gasteiger charge is 2.25. The minimum atomic E-state index is 0.236. The van der Waals surface area contributed by atoms with Gasteiger partial charge in [-0.3, -0.25) is 4.79 Å². The first-order valence-electron chi connectivity index (χ1n) is 5.30. The van der Waals surface area contributed by atoms with Crippen molar-refractivity contribution in [3.05, 3.63) is 24.3 Å². The minimum absolute atomic E-state index is 0.236. The number of para-hydroxylation sites is 1. The summed E-state index contributed by atoms with van der Waals surface area (Å²) in [7, 11) is 0. The zero-order chi connectivity index (χ0) is 11.5. The highest BCUT2D eigenvalue weighted by atomic mass is 127. The molecular formula is C12H14INOS. The molecule has 0 saturated heterocycles. The molecule has 0 spiro atoms.